The smallest absolute Gasteiger partial charge is 0.407 e. The first-order valence-corrected chi connectivity index (χ1v) is 6.37. The van der Waals surface area contributed by atoms with Crippen molar-refractivity contribution in [2.45, 2.75) is 71.8 Å². The van der Waals surface area contributed by atoms with E-state index in [4.69, 9.17) is 4.74 Å². The number of hydrogen-bond donors (Lipinski definition) is 3. The van der Waals surface area contributed by atoms with Gasteiger partial charge in [-0.25, -0.2) is 4.79 Å². The number of carbonyl (C=O) groups is 1. The van der Waals surface area contributed by atoms with E-state index >= 15 is 0 Å². The van der Waals surface area contributed by atoms with Gasteiger partial charge in [0.05, 0.1) is 5.60 Å². The van der Waals surface area contributed by atoms with Gasteiger partial charge in [0.25, 0.3) is 0 Å². The van der Waals surface area contributed by atoms with Crippen molar-refractivity contribution >= 4 is 6.09 Å². The highest BCUT2D eigenvalue weighted by molar-refractivity contribution is 5.68. The van der Waals surface area contributed by atoms with Crippen LogP contribution >= 0.6 is 0 Å². The van der Waals surface area contributed by atoms with Crippen molar-refractivity contribution in [1.82, 2.24) is 10.6 Å². The van der Waals surface area contributed by atoms with E-state index in [0.29, 0.717) is 6.54 Å². The summed E-state index contributed by atoms with van der Waals surface area (Å²) >= 11 is 0. The standard InChI is InChI=1S/C13H28N2O3/c1-9(8-14-10(2)13(6,7)17)15-11(16)18-12(3,4)5/h9-10,14,17H,8H2,1-7H3,(H,15,16). The van der Waals surface area contributed by atoms with Gasteiger partial charge in [-0.3, -0.25) is 0 Å². The Labute approximate surface area is 110 Å². The average molecular weight is 260 g/mol. The monoisotopic (exact) mass is 260 g/mol. The van der Waals surface area contributed by atoms with E-state index in [1.165, 1.54) is 0 Å². The Kier molecular flexibility index (Phi) is 6.10. The molecule has 0 heterocycles. The van der Waals surface area contributed by atoms with Crippen LogP contribution in [0.3, 0.4) is 0 Å². The van der Waals surface area contributed by atoms with Crippen LogP contribution in [0.1, 0.15) is 48.5 Å². The van der Waals surface area contributed by atoms with Gasteiger partial charge < -0.3 is 20.5 Å². The van der Waals surface area contributed by atoms with E-state index in [1.54, 1.807) is 13.8 Å². The van der Waals surface area contributed by atoms with Crippen molar-refractivity contribution in [3.8, 4) is 0 Å². The predicted molar refractivity (Wildman–Crippen MR) is 72.6 cm³/mol. The van der Waals surface area contributed by atoms with Crippen molar-refractivity contribution < 1.29 is 14.6 Å². The maximum Gasteiger partial charge on any atom is 0.407 e. The van der Waals surface area contributed by atoms with Gasteiger partial charge in [0, 0.05) is 18.6 Å². The van der Waals surface area contributed by atoms with E-state index in [9.17, 15) is 9.90 Å². The van der Waals surface area contributed by atoms with Crippen LogP contribution in [-0.2, 0) is 4.74 Å². The second-order valence-corrected chi connectivity index (χ2v) is 6.33. The van der Waals surface area contributed by atoms with Crippen molar-refractivity contribution in [3.05, 3.63) is 0 Å². The molecule has 2 atom stereocenters. The third kappa shape index (κ3) is 8.31. The Morgan fingerprint density at radius 3 is 2.11 bits per heavy atom. The van der Waals surface area contributed by atoms with Crippen LogP contribution in [0.2, 0.25) is 0 Å². The number of nitrogens with one attached hydrogen (secondary N) is 2. The highest BCUT2D eigenvalue weighted by Gasteiger charge is 2.23. The SMILES string of the molecule is CC(CNC(C)C(C)(C)O)NC(=O)OC(C)(C)C. The van der Waals surface area contributed by atoms with E-state index in [0.717, 1.165) is 0 Å². The molecule has 0 aliphatic heterocycles. The maximum absolute atomic E-state index is 11.5. The van der Waals surface area contributed by atoms with Gasteiger partial charge in [0.15, 0.2) is 0 Å². The molecule has 0 aromatic rings. The minimum absolute atomic E-state index is 0.0552. The van der Waals surface area contributed by atoms with Gasteiger partial charge in [0.2, 0.25) is 0 Å². The van der Waals surface area contributed by atoms with Crippen LogP contribution < -0.4 is 10.6 Å². The highest BCUT2D eigenvalue weighted by atomic mass is 16.6. The number of amides is 1. The largest absolute Gasteiger partial charge is 0.444 e. The Morgan fingerprint density at radius 1 is 1.22 bits per heavy atom. The molecule has 0 spiro atoms. The highest BCUT2D eigenvalue weighted by Crippen LogP contribution is 2.08. The number of aliphatic hydroxyl groups is 1. The lowest BCUT2D eigenvalue weighted by Gasteiger charge is -2.28. The zero-order chi connectivity index (χ0) is 14.6. The summed E-state index contributed by atoms with van der Waals surface area (Å²) in [7, 11) is 0. The molecule has 0 aromatic heterocycles. The molecule has 1 amide bonds. The first-order valence-electron chi connectivity index (χ1n) is 6.37. The van der Waals surface area contributed by atoms with Crippen LogP contribution in [0.5, 0.6) is 0 Å². The molecule has 0 rings (SSSR count). The fourth-order valence-corrected chi connectivity index (χ4v) is 1.16. The average Bonchev–Trinajstić information content (AvgIpc) is 2.08. The molecule has 3 N–H and O–H groups in total. The molecule has 0 aliphatic rings. The number of alkyl carbamates (subject to hydrolysis) is 1. The minimum Gasteiger partial charge on any atom is -0.444 e. The topological polar surface area (TPSA) is 70.6 Å². The summed E-state index contributed by atoms with van der Waals surface area (Å²) in [5, 5.41) is 15.7. The normalized spacial score (nSPS) is 16.0. The van der Waals surface area contributed by atoms with Crippen LogP contribution in [-0.4, -0.2) is 41.0 Å². The van der Waals surface area contributed by atoms with Gasteiger partial charge >= 0.3 is 6.09 Å². The number of hydrogen-bond acceptors (Lipinski definition) is 4. The summed E-state index contributed by atoms with van der Waals surface area (Å²) in [4.78, 5) is 11.5. The number of ether oxygens (including phenoxy) is 1. The van der Waals surface area contributed by atoms with Crippen molar-refractivity contribution in [1.29, 1.82) is 0 Å². The first kappa shape index (κ1) is 17.2. The zero-order valence-corrected chi connectivity index (χ0v) is 12.6. The molecule has 0 saturated heterocycles. The van der Waals surface area contributed by atoms with Crippen LogP contribution in [0.25, 0.3) is 0 Å². The lowest BCUT2D eigenvalue weighted by Crippen LogP contribution is -2.50. The molecule has 0 saturated carbocycles. The molecule has 108 valence electrons. The molecule has 18 heavy (non-hydrogen) atoms. The molecule has 0 aliphatic carbocycles. The molecule has 0 bridgehead atoms. The van der Waals surface area contributed by atoms with Gasteiger partial charge in [-0.1, -0.05) is 0 Å². The first-order chi connectivity index (χ1) is 7.92. The fourth-order valence-electron chi connectivity index (χ4n) is 1.16. The Bertz CT molecular complexity index is 266. The summed E-state index contributed by atoms with van der Waals surface area (Å²) in [6.07, 6.45) is -0.423. The van der Waals surface area contributed by atoms with Crippen molar-refractivity contribution in [2.24, 2.45) is 0 Å². The molecule has 5 nitrogen and oxygen atoms in total. The van der Waals surface area contributed by atoms with E-state index in [1.807, 2.05) is 34.6 Å². The van der Waals surface area contributed by atoms with Crippen LogP contribution in [0.4, 0.5) is 4.79 Å². The van der Waals surface area contributed by atoms with Gasteiger partial charge in [0.1, 0.15) is 5.60 Å². The lowest BCUT2D eigenvalue weighted by atomic mass is 10.0. The van der Waals surface area contributed by atoms with Crippen molar-refractivity contribution in [3.63, 3.8) is 0 Å². The second kappa shape index (κ2) is 6.38. The summed E-state index contributed by atoms with van der Waals surface area (Å²) in [6.45, 7) is 13.3. The molecule has 0 aromatic carbocycles. The lowest BCUT2D eigenvalue weighted by molar-refractivity contribution is 0.0418. The number of rotatable bonds is 5. The third-order valence-corrected chi connectivity index (χ3v) is 2.55. The second-order valence-electron chi connectivity index (χ2n) is 6.33. The van der Waals surface area contributed by atoms with E-state index in [2.05, 4.69) is 10.6 Å². The Balaban J connectivity index is 3.99. The maximum atomic E-state index is 11.5. The van der Waals surface area contributed by atoms with Crippen LogP contribution in [0.15, 0.2) is 0 Å². The molecule has 2 unspecified atom stereocenters. The fraction of sp³-hybridized carbons (Fsp3) is 0.923. The third-order valence-electron chi connectivity index (χ3n) is 2.55. The summed E-state index contributed by atoms with van der Waals surface area (Å²) in [5.41, 5.74) is -1.27. The number of carbonyl (C=O) groups excluding carboxylic acids is 1. The molecule has 5 heteroatoms. The van der Waals surface area contributed by atoms with Crippen LogP contribution in [0, 0.1) is 0 Å². The van der Waals surface area contributed by atoms with Gasteiger partial charge in [-0.05, 0) is 48.5 Å². The van der Waals surface area contributed by atoms with Gasteiger partial charge in [-0.15, -0.1) is 0 Å². The quantitative estimate of drug-likeness (QED) is 0.703. The summed E-state index contributed by atoms with van der Waals surface area (Å²) < 4.78 is 5.16. The molecular formula is C13H28N2O3. The summed E-state index contributed by atoms with van der Waals surface area (Å²) in [5.74, 6) is 0. The molecule has 0 fully saturated rings. The Hall–Kier alpha value is -0.810. The molecular weight excluding hydrogens is 232 g/mol. The predicted octanol–water partition coefficient (Wildman–Crippen LogP) is 1.65. The molecule has 0 radical (unpaired) electrons. The Morgan fingerprint density at radius 2 is 1.72 bits per heavy atom. The van der Waals surface area contributed by atoms with E-state index < -0.39 is 17.3 Å². The zero-order valence-electron chi connectivity index (χ0n) is 12.6. The van der Waals surface area contributed by atoms with E-state index in [-0.39, 0.29) is 12.1 Å². The minimum atomic E-state index is -0.786. The van der Waals surface area contributed by atoms with Crippen molar-refractivity contribution in [2.75, 3.05) is 6.54 Å². The summed E-state index contributed by atoms with van der Waals surface area (Å²) in [6, 6.07) is -0.120. The van der Waals surface area contributed by atoms with Gasteiger partial charge in [-0.2, -0.15) is 0 Å².